The van der Waals surface area contributed by atoms with E-state index in [-0.39, 0.29) is 12.3 Å². The first kappa shape index (κ1) is 12.3. The lowest BCUT2D eigenvalue weighted by atomic mass is 10.1. The molecule has 5 heteroatoms. The minimum Gasteiger partial charge on any atom is -0.461 e. The topological polar surface area (TPSA) is 52.3 Å². The van der Waals surface area contributed by atoms with Crippen molar-refractivity contribution in [3.05, 3.63) is 41.6 Å². The number of hydrogen-bond acceptors (Lipinski definition) is 4. The van der Waals surface area contributed by atoms with Crippen molar-refractivity contribution in [2.45, 2.75) is 13.6 Å². The van der Waals surface area contributed by atoms with Crippen LogP contribution in [0.15, 0.2) is 34.9 Å². The number of esters is 1. The Morgan fingerprint density at radius 1 is 1.39 bits per heavy atom. The van der Waals surface area contributed by atoms with Crippen molar-refractivity contribution in [2.75, 3.05) is 6.61 Å². The highest BCUT2D eigenvalue weighted by Crippen LogP contribution is 2.21. The van der Waals surface area contributed by atoms with Crippen molar-refractivity contribution in [1.29, 1.82) is 0 Å². The highest BCUT2D eigenvalue weighted by Gasteiger charge is 2.14. The fraction of sp³-hybridized carbons (Fsp3) is 0.231. The molecule has 0 atom stereocenters. The predicted molar refractivity (Wildman–Crippen MR) is 62.7 cm³/mol. The van der Waals surface area contributed by atoms with Crippen LogP contribution >= 0.6 is 0 Å². The standard InChI is InChI=1S/C13H12FNO3/c1-2-17-13(16)11-7-12(18-15-11)10-5-3-9(8-14)4-6-10/h3-7H,2,8H2,1H3. The van der Waals surface area contributed by atoms with E-state index in [0.29, 0.717) is 11.3 Å². The lowest BCUT2D eigenvalue weighted by Crippen LogP contribution is -2.04. The second-order valence-corrected chi connectivity index (χ2v) is 3.63. The fourth-order valence-electron chi connectivity index (χ4n) is 1.47. The quantitative estimate of drug-likeness (QED) is 0.781. The van der Waals surface area contributed by atoms with Crippen LogP contribution in [0.3, 0.4) is 0 Å². The molecule has 0 amide bonds. The lowest BCUT2D eigenvalue weighted by Gasteiger charge is -1.96. The molecule has 0 spiro atoms. The van der Waals surface area contributed by atoms with Gasteiger partial charge in [-0.25, -0.2) is 9.18 Å². The monoisotopic (exact) mass is 249 g/mol. The van der Waals surface area contributed by atoms with Crippen molar-refractivity contribution in [2.24, 2.45) is 0 Å². The van der Waals surface area contributed by atoms with Crippen LogP contribution in [-0.4, -0.2) is 17.7 Å². The summed E-state index contributed by atoms with van der Waals surface area (Å²) in [4.78, 5) is 11.4. The first-order chi connectivity index (χ1) is 8.74. The van der Waals surface area contributed by atoms with Crippen molar-refractivity contribution < 1.29 is 18.4 Å². The summed E-state index contributed by atoms with van der Waals surface area (Å²) in [6, 6.07) is 8.24. The Kier molecular flexibility index (Phi) is 3.72. The summed E-state index contributed by atoms with van der Waals surface area (Å²) in [5, 5.41) is 3.63. The number of rotatable bonds is 4. The molecule has 94 valence electrons. The summed E-state index contributed by atoms with van der Waals surface area (Å²) in [6.45, 7) is 1.49. The van der Waals surface area contributed by atoms with Gasteiger partial charge < -0.3 is 9.26 Å². The number of ether oxygens (including phenoxy) is 1. The number of alkyl halides is 1. The van der Waals surface area contributed by atoms with E-state index in [1.54, 1.807) is 31.2 Å². The van der Waals surface area contributed by atoms with Crippen LogP contribution < -0.4 is 0 Å². The van der Waals surface area contributed by atoms with E-state index in [2.05, 4.69) is 5.16 Å². The zero-order valence-corrected chi connectivity index (χ0v) is 9.85. The van der Waals surface area contributed by atoms with Crippen molar-refractivity contribution >= 4 is 5.97 Å². The molecule has 0 N–H and O–H groups in total. The minimum atomic E-state index is -0.520. The third-order valence-corrected chi connectivity index (χ3v) is 2.39. The van der Waals surface area contributed by atoms with E-state index < -0.39 is 12.6 Å². The van der Waals surface area contributed by atoms with Gasteiger partial charge in [-0.05, 0) is 12.5 Å². The summed E-state index contributed by atoms with van der Waals surface area (Å²) in [6.07, 6.45) is 0. The van der Waals surface area contributed by atoms with Gasteiger partial charge >= 0.3 is 5.97 Å². The van der Waals surface area contributed by atoms with E-state index in [4.69, 9.17) is 9.26 Å². The molecular weight excluding hydrogens is 237 g/mol. The fourth-order valence-corrected chi connectivity index (χ4v) is 1.47. The highest BCUT2D eigenvalue weighted by atomic mass is 19.1. The van der Waals surface area contributed by atoms with Gasteiger partial charge in [0.25, 0.3) is 0 Å². The molecule has 0 aliphatic carbocycles. The van der Waals surface area contributed by atoms with Crippen LogP contribution in [0.25, 0.3) is 11.3 Å². The maximum atomic E-state index is 12.4. The van der Waals surface area contributed by atoms with Crippen LogP contribution in [-0.2, 0) is 11.4 Å². The van der Waals surface area contributed by atoms with Crippen molar-refractivity contribution in [1.82, 2.24) is 5.16 Å². The third kappa shape index (κ3) is 2.56. The summed E-state index contributed by atoms with van der Waals surface area (Å²) in [5.74, 6) is -0.0728. The molecular formula is C13H12FNO3. The Balaban J connectivity index is 2.20. The normalized spacial score (nSPS) is 10.3. The second kappa shape index (κ2) is 5.44. The maximum Gasteiger partial charge on any atom is 0.360 e. The van der Waals surface area contributed by atoms with E-state index in [9.17, 15) is 9.18 Å². The largest absolute Gasteiger partial charge is 0.461 e. The molecule has 18 heavy (non-hydrogen) atoms. The first-order valence-electron chi connectivity index (χ1n) is 5.53. The number of benzene rings is 1. The van der Waals surface area contributed by atoms with E-state index >= 15 is 0 Å². The molecule has 1 aromatic heterocycles. The Morgan fingerprint density at radius 2 is 2.11 bits per heavy atom. The minimum absolute atomic E-state index is 0.126. The summed E-state index contributed by atoms with van der Waals surface area (Å²) < 4.78 is 22.2. The molecule has 0 radical (unpaired) electrons. The third-order valence-electron chi connectivity index (χ3n) is 2.39. The van der Waals surface area contributed by atoms with Crippen LogP contribution in [0, 0.1) is 0 Å². The van der Waals surface area contributed by atoms with E-state index in [1.807, 2.05) is 0 Å². The molecule has 2 rings (SSSR count). The molecule has 0 aliphatic rings. The van der Waals surface area contributed by atoms with Gasteiger partial charge in [0, 0.05) is 11.6 Å². The maximum absolute atomic E-state index is 12.4. The van der Waals surface area contributed by atoms with Crippen LogP contribution in [0.1, 0.15) is 23.0 Å². The summed E-state index contributed by atoms with van der Waals surface area (Å²) in [5.41, 5.74) is 1.44. The molecule has 0 bridgehead atoms. The van der Waals surface area contributed by atoms with Crippen LogP contribution in [0.4, 0.5) is 4.39 Å². The van der Waals surface area contributed by atoms with Crippen molar-refractivity contribution in [3.8, 4) is 11.3 Å². The predicted octanol–water partition coefficient (Wildman–Crippen LogP) is 2.99. The van der Waals surface area contributed by atoms with Gasteiger partial charge in [-0.2, -0.15) is 0 Å². The van der Waals surface area contributed by atoms with Gasteiger partial charge in [-0.15, -0.1) is 0 Å². The average molecular weight is 249 g/mol. The van der Waals surface area contributed by atoms with E-state index in [0.717, 1.165) is 5.56 Å². The second-order valence-electron chi connectivity index (χ2n) is 3.63. The number of halogens is 1. The summed E-state index contributed by atoms with van der Waals surface area (Å²) in [7, 11) is 0. The molecule has 0 saturated carbocycles. The molecule has 0 aliphatic heterocycles. The van der Waals surface area contributed by atoms with Gasteiger partial charge in [0.15, 0.2) is 11.5 Å². The molecule has 2 aromatic rings. The van der Waals surface area contributed by atoms with Crippen molar-refractivity contribution in [3.63, 3.8) is 0 Å². The molecule has 0 fully saturated rings. The van der Waals surface area contributed by atoms with Crippen LogP contribution in [0.2, 0.25) is 0 Å². The first-order valence-corrected chi connectivity index (χ1v) is 5.53. The zero-order valence-electron chi connectivity index (χ0n) is 9.85. The van der Waals surface area contributed by atoms with Gasteiger partial charge in [-0.3, -0.25) is 0 Å². The van der Waals surface area contributed by atoms with Crippen LogP contribution in [0.5, 0.6) is 0 Å². The smallest absolute Gasteiger partial charge is 0.360 e. The molecule has 0 saturated heterocycles. The molecule has 1 heterocycles. The number of aromatic nitrogens is 1. The molecule has 1 aromatic carbocycles. The Bertz CT molecular complexity index is 533. The van der Waals surface area contributed by atoms with Gasteiger partial charge in [0.05, 0.1) is 6.61 Å². The SMILES string of the molecule is CCOC(=O)c1cc(-c2ccc(CF)cc2)on1. The Morgan fingerprint density at radius 3 is 2.72 bits per heavy atom. The van der Waals surface area contributed by atoms with Gasteiger partial charge in [0.1, 0.15) is 6.67 Å². The lowest BCUT2D eigenvalue weighted by molar-refractivity contribution is 0.0514. The number of carbonyl (C=O) groups excluding carboxylic acids is 1. The summed E-state index contributed by atoms with van der Waals surface area (Å²) >= 11 is 0. The Hall–Kier alpha value is -2.17. The number of hydrogen-bond donors (Lipinski definition) is 0. The van der Waals surface area contributed by atoms with E-state index in [1.165, 1.54) is 6.07 Å². The molecule has 0 unspecified atom stereocenters. The van der Waals surface area contributed by atoms with Gasteiger partial charge in [-0.1, -0.05) is 29.4 Å². The Labute approximate surface area is 103 Å². The molecule has 4 nitrogen and oxygen atoms in total. The number of nitrogens with zero attached hydrogens (tertiary/aromatic N) is 1. The average Bonchev–Trinajstić information content (AvgIpc) is 2.89. The van der Waals surface area contributed by atoms with Gasteiger partial charge in [0.2, 0.25) is 0 Å². The number of carbonyl (C=O) groups is 1. The zero-order chi connectivity index (χ0) is 13.0. The highest BCUT2D eigenvalue weighted by molar-refractivity contribution is 5.88.